The minimum Gasteiger partial charge on any atom is -0.501 e. The molecule has 355 valence electrons. The minimum atomic E-state index is -0.278. The monoisotopic (exact) mass is 1100 g/mol. The van der Waals surface area contributed by atoms with Crippen LogP contribution in [0.3, 0.4) is 0 Å². The largest absolute Gasteiger partial charge is 0.501 e. The number of aromatic nitrogens is 3. The van der Waals surface area contributed by atoms with Gasteiger partial charge in [-0.1, -0.05) is 166 Å². The number of para-hydroxylation sites is 2. The molecule has 0 unspecified atom stereocenters. The fourth-order valence-electron chi connectivity index (χ4n) is 10.2. The van der Waals surface area contributed by atoms with Crippen molar-refractivity contribution in [3.05, 3.63) is 198 Å². The number of halogens is 1. The molecule has 1 radical (unpaired) electrons. The topological polar surface area (TPSA) is 43.9 Å². The molecule has 1 aliphatic rings. The first-order valence-electron chi connectivity index (χ1n) is 24.3. The first kappa shape index (κ1) is 48.6. The van der Waals surface area contributed by atoms with Gasteiger partial charge in [0.15, 0.2) is 0 Å². The van der Waals surface area contributed by atoms with Crippen molar-refractivity contribution >= 4 is 33.0 Å². The van der Waals surface area contributed by atoms with E-state index in [-0.39, 0.29) is 54.0 Å². The van der Waals surface area contributed by atoms with Crippen LogP contribution in [0.15, 0.2) is 156 Å². The zero-order chi connectivity index (χ0) is 48.6. The second-order valence-corrected chi connectivity index (χ2v) is 21.4. The molecule has 70 heavy (non-hydrogen) atoms. The summed E-state index contributed by atoms with van der Waals surface area (Å²) in [5.74, 6) is 1.12. The van der Waals surface area contributed by atoms with Gasteiger partial charge in [-0.15, -0.1) is 48.0 Å². The number of imidazole rings is 1. The molecule has 0 N–H and O–H groups in total. The van der Waals surface area contributed by atoms with E-state index in [1.165, 1.54) is 67.9 Å². The van der Waals surface area contributed by atoms with Crippen LogP contribution >= 0.6 is 0 Å². The van der Waals surface area contributed by atoms with Crippen LogP contribution in [-0.4, -0.2) is 14.5 Å². The number of nitrogens with zero attached hydrogens (tertiary/aromatic N) is 3. The van der Waals surface area contributed by atoms with Gasteiger partial charge in [0.05, 0.1) is 22.4 Å². The molecule has 7 aromatic carbocycles. The van der Waals surface area contributed by atoms with Gasteiger partial charge in [-0.05, 0) is 120 Å². The summed E-state index contributed by atoms with van der Waals surface area (Å²) >= 11 is 0. The third-order valence-corrected chi connectivity index (χ3v) is 14.9. The second kappa shape index (κ2) is 18.4. The first-order chi connectivity index (χ1) is 32.9. The van der Waals surface area contributed by atoms with Crippen molar-refractivity contribution in [3.63, 3.8) is 0 Å². The Kier molecular flexibility index (Phi) is 12.7. The fraction of sp³-hybridized carbons (Fsp3) is 0.250. The molecule has 3 heterocycles. The average Bonchev–Trinajstić information content (AvgIpc) is 3.91. The van der Waals surface area contributed by atoms with E-state index in [4.69, 9.17) is 9.40 Å². The maximum Gasteiger partial charge on any atom is 0.121 e. The Morgan fingerprint density at radius 3 is 1.99 bits per heavy atom. The second-order valence-electron chi connectivity index (χ2n) is 21.4. The molecule has 11 rings (SSSR count). The number of furan rings is 1. The first-order valence-corrected chi connectivity index (χ1v) is 24.3. The van der Waals surface area contributed by atoms with E-state index in [0.29, 0.717) is 0 Å². The Morgan fingerprint density at radius 2 is 1.33 bits per heavy atom. The van der Waals surface area contributed by atoms with Crippen LogP contribution in [0.25, 0.3) is 83.6 Å². The maximum atomic E-state index is 12.8. The molecule has 0 fully saturated rings. The standard InChI is InChI=1S/C49H45N2O.C15H15FN.Ir/c1-29(2)36-25-32(31-17-10-9-11-18-31)26-37(30(3)4)45(36)51-43-24-15-14-23-42(43)50-47(51)35-21-16-20-34-39-27-41-38(28-44(39)52-46(34)35)33-19-12-13-22-40(33)48(5,6)49(41,7)8;1-15(2,3)12-6-9-14(17-10-12)11-4-7-13(16)8-5-11;/h9-20,22-30H,1-8H3;4,6-10H,1-3H3;/q2*-1;. The number of benzene rings is 7. The van der Waals surface area contributed by atoms with Crippen molar-refractivity contribution < 1.29 is 28.9 Å². The SMILES string of the molecule is CC(C)(C)c1ccc(-c2[c-]cc(F)cc2)nc1.CC(C)c1cc(-c2ccccc2)cc(C(C)C)c1-n1c(-c2[c-]ccc3c2oc2cc4c(cc23)C(C)(C)C(C)(C)c2ccccc2-4)nc2ccccc21.[Ir]. The third-order valence-electron chi connectivity index (χ3n) is 14.9. The van der Waals surface area contributed by atoms with Crippen LogP contribution in [0.2, 0.25) is 0 Å². The molecular weight excluding hydrogens is 1040 g/mol. The minimum absolute atomic E-state index is 0. The number of hydrogen-bond donors (Lipinski definition) is 0. The quantitative estimate of drug-likeness (QED) is 0.156. The summed E-state index contributed by atoms with van der Waals surface area (Å²) in [6, 6.07) is 56.7. The number of hydrogen-bond acceptors (Lipinski definition) is 3. The molecule has 1 aliphatic carbocycles. The molecule has 0 aliphatic heterocycles. The Hall–Kier alpha value is -6.46. The van der Waals surface area contributed by atoms with E-state index in [0.717, 1.165) is 55.6 Å². The summed E-state index contributed by atoms with van der Waals surface area (Å²) in [5, 5.41) is 2.22. The van der Waals surface area contributed by atoms with Gasteiger partial charge >= 0.3 is 0 Å². The summed E-state index contributed by atoms with van der Waals surface area (Å²) in [4.78, 5) is 9.77. The molecule has 10 aromatic rings. The predicted molar refractivity (Wildman–Crippen MR) is 285 cm³/mol. The number of rotatable bonds is 6. The predicted octanol–water partition coefficient (Wildman–Crippen LogP) is 17.5. The molecule has 0 atom stereocenters. The summed E-state index contributed by atoms with van der Waals surface area (Å²) in [6.45, 7) is 25.2. The van der Waals surface area contributed by atoms with Gasteiger partial charge in [-0.3, -0.25) is 9.37 Å². The van der Waals surface area contributed by atoms with Crippen molar-refractivity contribution in [1.29, 1.82) is 0 Å². The van der Waals surface area contributed by atoms with Crippen molar-refractivity contribution in [1.82, 2.24) is 14.5 Å². The van der Waals surface area contributed by atoms with E-state index in [2.05, 4.69) is 213 Å². The van der Waals surface area contributed by atoms with Gasteiger partial charge in [0.2, 0.25) is 0 Å². The Bertz CT molecular complexity index is 3510. The normalized spacial score (nSPS) is 13.8. The average molecular weight is 1100 g/mol. The molecule has 6 heteroatoms. The summed E-state index contributed by atoms with van der Waals surface area (Å²) in [5.41, 5.74) is 18.9. The maximum absolute atomic E-state index is 12.8. The van der Waals surface area contributed by atoms with E-state index in [1.807, 2.05) is 18.3 Å². The van der Waals surface area contributed by atoms with E-state index < -0.39 is 0 Å². The summed E-state index contributed by atoms with van der Waals surface area (Å²) in [7, 11) is 0. The van der Waals surface area contributed by atoms with Crippen LogP contribution in [0.4, 0.5) is 4.39 Å². The zero-order valence-corrected chi connectivity index (χ0v) is 44.4. The summed E-state index contributed by atoms with van der Waals surface area (Å²) < 4.78 is 22.1. The Labute approximate surface area is 426 Å². The zero-order valence-electron chi connectivity index (χ0n) is 42.0. The van der Waals surface area contributed by atoms with Gasteiger partial charge < -0.3 is 14.0 Å². The molecule has 0 saturated heterocycles. The molecule has 3 aromatic heterocycles. The van der Waals surface area contributed by atoms with E-state index >= 15 is 0 Å². The van der Waals surface area contributed by atoms with Crippen LogP contribution in [0.5, 0.6) is 0 Å². The smallest absolute Gasteiger partial charge is 0.121 e. The van der Waals surface area contributed by atoms with Crippen molar-refractivity contribution in [2.45, 2.75) is 104 Å². The van der Waals surface area contributed by atoms with Gasteiger partial charge in [0.25, 0.3) is 0 Å². The molecular formula is C64H60FIrN3O-2. The van der Waals surface area contributed by atoms with Crippen LogP contribution in [-0.2, 0) is 36.4 Å². The van der Waals surface area contributed by atoms with Crippen molar-refractivity contribution in [2.24, 2.45) is 0 Å². The number of fused-ring (bicyclic) bond motifs is 7. The Balaban J connectivity index is 0.000000286. The van der Waals surface area contributed by atoms with Crippen LogP contribution in [0.1, 0.15) is 116 Å². The van der Waals surface area contributed by atoms with Crippen LogP contribution in [0, 0.1) is 17.9 Å². The molecule has 0 saturated carbocycles. The third kappa shape index (κ3) is 8.33. The van der Waals surface area contributed by atoms with Gasteiger partial charge in [-0.2, -0.15) is 0 Å². The molecule has 0 spiro atoms. The van der Waals surface area contributed by atoms with Gasteiger partial charge in [-0.25, -0.2) is 0 Å². The molecule has 0 amide bonds. The van der Waals surface area contributed by atoms with E-state index in [1.54, 1.807) is 6.07 Å². The Morgan fingerprint density at radius 1 is 0.657 bits per heavy atom. The fourth-order valence-corrected chi connectivity index (χ4v) is 10.2. The summed E-state index contributed by atoms with van der Waals surface area (Å²) in [6.07, 6.45) is 1.87. The van der Waals surface area contributed by atoms with Gasteiger partial charge in [0.1, 0.15) is 5.58 Å². The molecule has 0 bridgehead atoms. The van der Waals surface area contributed by atoms with Crippen molar-refractivity contribution in [3.8, 4) is 50.6 Å². The van der Waals surface area contributed by atoms with Gasteiger partial charge in [0, 0.05) is 43.2 Å². The van der Waals surface area contributed by atoms with Crippen molar-refractivity contribution in [2.75, 3.05) is 0 Å². The molecule has 4 nitrogen and oxygen atoms in total. The van der Waals surface area contributed by atoms with E-state index in [9.17, 15) is 4.39 Å². The van der Waals surface area contributed by atoms with Crippen LogP contribution < -0.4 is 0 Å². The number of pyridine rings is 1.